The fourth-order valence-corrected chi connectivity index (χ4v) is 7.13. The Hall–Kier alpha value is -4.55. The van der Waals surface area contributed by atoms with E-state index in [2.05, 4.69) is 10.3 Å². The molecule has 1 saturated heterocycles. The molecule has 196 valence electrons. The minimum atomic E-state index is -1.37. The normalized spacial score (nSPS) is 24.1. The maximum absolute atomic E-state index is 14.7. The second-order valence-electron chi connectivity index (χ2n) is 10.5. The van der Waals surface area contributed by atoms with Gasteiger partial charge in [0.05, 0.1) is 17.0 Å². The van der Waals surface area contributed by atoms with Crippen molar-refractivity contribution in [2.75, 3.05) is 10.2 Å². The summed E-state index contributed by atoms with van der Waals surface area (Å²) in [5.74, 6) is -1.95. The average Bonchev–Trinajstić information content (AvgIpc) is 3.45. The Labute approximate surface area is 236 Å². The van der Waals surface area contributed by atoms with Crippen LogP contribution in [0.25, 0.3) is 5.57 Å². The number of aromatic nitrogens is 1. The second kappa shape index (κ2) is 9.00. The Kier molecular flexibility index (Phi) is 5.51. The highest BCUT2D eigenvalue weighted by Gasteiger charge is 2.70. The maximum Gasteiger partial charge on any atom is 0.238 e. The molecule has 3 aromatic carbocycles. The molecular formula is C33H24ClN3O3. The number of amides is 1. The molecule has 4 heterocycles. The predicted octanol–water partition coefficient (Wildman–Crippen LogP) is 5.98. The molecule has 0 bridgehead atoms. The number of hydrogen-bond donors (Lipinski definition) is 1. The zero-order valence-electron chi connectivity index (χ0n) is 21.5. The minimum Gasteiger partial charge on any atom is -0.352 e. The zero-order valence-corrected chi connectivity index (χ0v) is 22.3. The number of rotatable bonds is 4. The first-order chi connectivity index (χ1) is 19.4. The van der Waals surface area contributed by atoms with Gasteiger partial charge in [0.25, 0.3) is 0 Å². The highest BCUT2D eigenvalue weighted by Crippen LogP contribution is 2.58. The summed E-state index contributed by atoms with van der Waals surface area (Å²) < 4.78 is 0. The van der Waals surface area contributed by atoms with Crippen LogP contribution in [0.5, 0.6) is 0 Å². The van der Waals surface area contributed by atoms with Crippen molar-refractivity contribution in [1.82, 2.24) is 4.98 Å². The van der Waals surface area contributed by atoms with Crippen molar-refractivity contribution >= 4 is 46.0 Å². The Balaban J connectivity index is 1.57. The number of carbonyl (C=O) groups is 3. The summed E-state index contributed by atoms with van der Waals surface area (Å²) in [6.07, 6.45) is 5.14. The number of para-hydroxylation sites is 2. The van der Waals surface area contributed by atoms with E-state index in [1.807, 2.05) is 66.4 Å². The van der Waals surface area contributed by atoms with Crippen LogP contribution in [0.3, 0.4) is 0 Å². The number of carbonyl (C=O) groups excluding carboxylic acids is 3. The van der Waals surface area contributed by atoms with E-state index >= 15 is 0 Å². The number of Topliss-reactive ketones (excluding diaryl/α,β-unsaturated/α-hetero) is 2. The molecule has 4 unspecified atom stereocenters. The van der Waals surface area contributed by atoms with Gasteiger partial charge in [0.15, 0.2) is 11.6 Å². The molecule has 1 amide bonds. The molecule has 4 atom stereocenters. The molecule has 40 heavy (non-hydrogen) atoms. The van der Waals surface area contributed by atoms with Gasteiger partial charge in [-0.15, -0.1) is 0 Å². The summed E-state index contributed by atoms with van der Waals surface area (Å²) in [5.41, 5.74) is 3.43. The zero-order chi connectivity index (χ0) is 27.6. The number of ketones is 2. The molecule has 4 aromatic rings. The number of benzene rings is 3. The van der Waals surface area contributed by atoms with E-state index < -0.39 is 23.4 Å². The lowest BCUT2D eigenvalue weighted by molar-refractivity contribution is -0.121. The van der Waals surface area contributed by atoms with Crippen molar-refractivity contribution in [3.05, 3.63) is 131 Å². The molecular weight excluding hydrogens is 522 g/mol. The highest BCUT2D eigenvalue weighted by atomic mass is 35.5. The molecule has 1 N–H and O–H groups in total. The van der Waals surface area contributed by atoms with Crippen LogP contribution in [0.1, 0.15) is 38.8 Å². The average molecular weight is 546 g/mol. The Bertz CT molecular complexity index is 1750. The number of nitrogens with one attached hydrogen (secondary N) is 1. The van der Waals surface area contributed by atoms with Gasteiger partial charge in [0, 0.05) is 40.5 Å². The number of anilines is 2. The van der Waals surface area contributed by atoms with Gasteiger partial charge in [-0.3, -0.25) is 19.4 Å². The number of nitrogens with zero attached hydrogens (tertiary/aromatic N) is 2. The van der Waals surface area contributed by atoms with E-state index in [4.69, 9.17) is 11.6 Å². The Morgan fingerprint density at radius 2 is 1.60 bits per heavy atom. The van der Waals surface area contributed by atoms with Crippen LogP contribution in [0, 0.1) is 5.92 Å². The van der Waals surface area contributed by atoms with Crippen LogP contribution in [-0.4, -0.2) is 34.5 Å². The predicted molar refractivity (Wildman–Crippen MR) is 155 cm³/mol. The van der Waals surface area contributed by atoms with Crippen molar-refractivity contribution in [3.63, 3.8) is 0 Å². The number of halogens is 1. The number of allylic oxidation sites excluding steroid dienone is 1. The molecule has 3 aliphatic rings. The number of pyridine rings is 1. The fourth-order valence-electron chi connectivity index (χ4n) is 6.90. The molecule has 7 heteroatoms. The van der Waals surface area contributed by atoms with Gasteiger partial charge in [-0.2, -0.15) is 0 Å². The second-order valence-corrected chi connectivity index (χ2v) is 10.9. The van der Waals surface area contributed by atoms with Crippen molar-refractivity contribution in [1.29, 1.82) is 0 Å². The van der Waals surface area contributed by atoms with E-state index in [-0.39, 0.29) is 17.5 Å². The third-order valence-electron chi connectivity index (χ3n) is 8.54. The van der Waals surface area contributed by atoms with Crippen molar-refractivity contribution in [2.24, 2.45) is 5.92 Å². The molecule has 1 fully saturated rings. The molecule has 7 rings (SSSR count). The van der Waals surface area contributed by atoms with Crippen molar-refractivity contribution in [2.45, 2.75) is 24.4 Å². The summed E-state index contributed by atoms with van der Waals surface area (Å²) in [5, 5.41) is 3.35. The van der Waals surface area contributed by atoms with Gasteiger partial charge >= 0.3 is 0 Å². The molecule has 0 aliphatic carbocycles. The summed E-state index contributed by atoms with van der Waals surface area (Å²) in [6.45, 7) is 2.01. The van der Waals surface area contributed by atoms with Gasteiger partial charge in [-0.1, -0.05) is 66.2 Å². The van der Waals surface area contributed by atoms with Crippen molar-refractivity contribution < 1.29 is 14.4 Å². The Morgan fingerprint density at radius 1 is 0.900 bits per heavy atom. The SMILES string of the molecule is CC1=CC2N(c3ccccc31)C(C(=O)c1ccccc1Cl)C(C(=O)c1ccncc1)C21C(=O)Nc2ccccc21. The van der Waals surface area contributed by atoms with Crippen LogP contribution >= 0.6 is 11.6 Å². The van der Waals surface area contributed by atoms with E-state index in [1.54, 1.807) is 48.8 Å². The summed E-state index contributed by atoms with van der Waals surface area (Å²) in [7, 11) is 0. The molecule has 1 aromatic heterocycles. The van der Waals surface area contributed by atoms with E-state index in [0.717, 1.165) is 16.8 Å². The fraction of sp³-hybridized carbons (Fsp3) is 0.152. The van der Waals surface area contributed by atoms with Crippen molar-refractivity contribution in [3.8, 4) is 0 Å². The Morgan fingerprint density at radius 3 is 2.40 bits per heavy atom. The molecule has 3 aliphatic heterocycles. The largest absolute Gasteiger partial charge is 0.352 e. The molecule has 1 spiro atoms. The quantitative estimate of drug-likeness (QED) is 0.319. The van der Waals surface area contributed by atoms with Gasteiger partial charge in [-0.05, 0) is 54.5 Å². The van der Waals surface area contributed by atoms with Crippen LogP contribution in [0.2, 0.25) is 5.02 Å². The first kappa shape index (κ1) is 24.5. The lowest BCUT2D eigenvalue weighted by Crippen LogP contribution is -2.51. The van der Waals surface area contributed by atoms with Crippen LogP contribution < -0.4 is 10.2 Å². The first-order valence-electron chi connectivity index (χ1n) is 13.1. The number of hydrogen-bond acceptors (Lipinski definition) is 5. The third-order valence-corrected chi connectivity index (χ3v) is 8.87. The number of fused-ring (bicyclic) bond motifs is 6. The topological polar surface area (TPSA) is 79.4 Å². The molecule has 0 radical (unpaired) electrons. The third kappa shape index (κ3) is 3.23. The summed E-state index contributed by atoms with van der Waals surface area (Å²) in [4.78, 5) is 49.8. The standard InChI is InChI=1S/C33H24ClN3O3/c1-19-18-27-33(23-10-4-6-12-25(23)36-32(33)40)28(30(38)20-14-16-35-17-15-20)29(31(39)22-9-2-5-11-24(22)34)37(27)26-13-7-3-8-21(19)26/h2-18,27-29H,1H3,(H,36,40). The highest BCUT2D eigenvalue weighted by molar-refractivity contribution is 6.34. The van der Waals surface area contributed by atoms with Gasteiger partial charge in [0.2, 0.25) is 5.91 Å². The van der Waals surface area contributed by atoms with Gasteiger partial charge in [-0.25, -0.2) is 0 Å². The van der Waals surface area contributed by atoms with Crippen LogP contribution in [0.15, 0.2) is 103 Å². The molecule has 0 saturated carbocycles. The van der Waals surface area contributed by atoms with Crippen LogP contribution in [0.4, 0.5) is 11.4 Å². The van der Waals surface area contributed by atoms with E-state index in [9.17, 15) is 14.4 Å². The summed E-state index contributed by atoms with van der Waals surface area (Å²) >= 11 is 6.58. The maximum atomic E-state index is 14.7. The smallest absolute Gasteiger partial charge is 0.238 e. The monoisotopic (exact) mass is 545 g/mol. The molecule has 6 nitrogen and oxygen atoms in total. The van der Waals surface area contributed by atoms with Gasteiger partial charge < -0.3 is 10.2 Å². The minimum absolute atomic E-state index is 0.294. The first-order valence-corrected chi connectivity index (χ1v) is 13.5. The van der Waals surface area contributed by atoms with E-state index in [1.165, 1.54) is 0 Å². The van der Waals surface area contributed by atoms with E-state index in [0.29, 0.717) is 27.4 Å². The lowest BCUT2D eigenvalue weighted by Gasteiger charge is -2.39. The lowest BCUT2D eigenvalue weighted by atomic mass is 9.64. The van der Waals surface area contributed by atoms with Crippen LogP contribution in [-0.2, 0) is 10.2 Å². The van der Waals surface area contributed by atoms with Gasteiger partial charge in [0.1, 0.15) is 11.5 Å². The summed E-state index contributed by atoms with van der Waals surface area (Å²) in [6, 6.07) is 23.8.